The Hall–Kier alpha value is -5.44. The molecule has 0 spiro atoms. The van der Waals surface area contributed by atoms with Gasteiger partial charge >= 0.3 is 0 Å². The van der Waals surface area contributed by atoms with Crippen LogP contribution in [0.2, 0.25) is 0 Å². The van der Waals surface area contributed by atoms with Crippen molar-refractivity contribution < 1.29 is 4.79 Å². The van der Waals surface area contributed by atoms with Crippen LogP contribution < -0.4 is 26.9 Å². The van der Waals surface area contributed by atoms with Crippen molar-refractivity contribution in [2.45, 2.75) is 0 Å². The molecule has 0 fully saturated rings. The van der Waals surface area contributed by atoms with Gasteiger partial charge in [0.15, 0.2) is 11.6 Å². The van der Waals surface area contributed by atoms with Gasteiger partial charge in [0.25, 0.3) is 5.91 Å². The number of pyridine rings is 3. The van der Waals surface area contributed by atoms with E-state index in [2.05, 4.69) is 37.2 Å². The number of benzene rings is 2. The molecular weight excluding hydrogens is 464 g/mol. The van der Waals surface area contributed by atoms with Crippen molar-refractivity contribution in [1.29, 1.82) is 0 Å². The van der Waals surface area contributed by atoms with Gasteiger partial charge in [-0.25, -0.2) is 15.0 Å². The van der Waals surface area contributed by atoms with E-state index in [9.17, 15) is 4.79 Å². The molecule has 0 aliphatic carbocycles. The van der Waals surface area contributed by atoms with Crippen LogP contribution in [-0.2, 0) is 0 Å². The predicted molar refractivity (Wildman–Crippen MR) is 140 cm³/mol. The molecule has 5 heterocycles. The van der Waals surface area contributed by atoms with Crippen LogP contribution in [0.1, 0.15) is 15.9 Å². The lowest BCUT2D eigenvalue weighted by Crippen LogP contribution is -2.31. The van der Waals surface area contributed by atoms with E-state index in [1.807, 2.05) is 48.9 Å². The first kappa shape index (κ1) is 20.9. The minimum Gasteiger partial charge on any atom is -0.321 e. The first-order valence-electron chi connectivity index (χ1n) is 11.6. The molecule has 176 valence electrons. The average molecular weight is 483 g/mol. The molecule has 1 amide bonds. The minimum atomic E-state index is -0.277. The van der Waals surface area contributed by atoms with Crippen molar-refractivity contribution in [3.63, 3.8) is 0 Å². The van der Waals surface area contributed by atoms with Gasteiger partial charge in [0.2, 0.25) is 0 Å². The molecule has 0 unspecified atom stereocenters. The van der Waals surface area contributed by atoms with E-state index in [1.54, 1.807) is 36.7 Å². The number of amides is 1. The molecule has 37 heavy (non-hydrogen) atoms. The Morgan fingerprint density at radius 2 is 1.76 bits per heavy atom. The van der Waals surface area contributed by atoms with Gasteiger partial charge in [-0.3, -0.25) is 25.6 Å². The van der Waals surface area contributed by atoms with E-state index in [-0.39, 0.29) is 5.91 Å². The smallest absolute Gasteiger partial charge is 0.257 e. The molecule has 0 saturated heterocycles. The first-order valence-corrected chi connectivity index (χ1v) is 11.6. The van der Waals surface area contributed by atoms with Gasteiger partial charge in [-0.1, -0.05) is 30.3 Å². The monoisotopic (exact) mass is 482 g/mol. The highest BCUT2D eigenvalue weighted by Gasteiger charge is 2.24. The largest absolute Gasteiger partial charge is 0.321 e. The highest BCUT2D eigenvalue weighted by atomic mass is 16.1. The van der Waals surface area contributed by atoms with Crippen molar-refractivity contribution >= 4 is 33.9 Å². The van der Waals surface area contributed by atoms with Gasteiger partial charge in [0.05, 0.1) is 22.8 Å². The highest BCUT2D eigenvalue weighted by molar-refractivity contribution is 6.04. The number of fused-ring (bicyclic) bond motifs is 3. The van der Waals surface area contributed by atoms with E-state index in [4.69, 9.17) is 9.98 Å². The van der Waals surface area contributed by atoms with Crippen molar-refractivity contribution in [3.8, 4) is 11.1 Å². The van der Waals surface area contributed by atoms with E-state index in [0.29, 0.717) is 39.3 Å². The third-order valence-corrected chi connectivity index (χ3v) is 6.29. The van der Waals surface area contributed by atoms with Gasteiger partial charge in [-0.2, -0.15) is 0 Å². The summed E-state index contributed by atoms with van der Waals surface area (Å²) in [4.78, 5) is 35.5. The van der Waals surface area contributed by atoms with Gasteiger partial charge in [0, 0.05) is 46.9 Å². The Balaban J connectivity index is 1.31. The number of para-hydroxylation sites is 1. The molecule has 9 nitrogen and oxygen atoms in total. The molecule has 5 aromatic rings. The number of anilines is 2. The van der Waals surface area contributed by atoms with Crippen molar-refractivity contribution in [3.05, 3.63) is 119 Å². The first-order chi connectivity index (χ1) is 18.2. The van der Waals surface area contributed by atoms with Crippen LogP contribution in [-0.4, -0.2) is 20.9 Å². The summed E-state index contributed by atoms with van der Waals surface area (Å²) in [6.45, 7) is 0. The summed E-state index contributed by atoms with van der Waals surface area (Å²) < 4.78 is 0. The summed E-state index contributed by atoms with van der Waals surface area (Å²) >= 11 is 0. The van der Waals surface area contributed by atoms with Gasteiger partial charge in [-0.15, -0.1) is 0 Å². The lowest BCUT2D eigenvalue weighted by Gasteiger charge is -2.07. The molecule has 3 aromatic heterocycles. The minimum absolute atomic E-state index is 0.277. The Morgan fingerprint density at radius 1 is 0.811 bits per heavy atom. The van der Waals surface area contributed by atoms with Crippen LogP contribution in [0.3, 0.4) is 0 Å². The zero-order valence-corrected chi connectivity index (χ0v) is 19.3. The number of hydrazine groups is 1. The highest BCUT2D eigenvalue weighted by Crippen LogP contribution is 2.34. The van der Waals surface area contributed by atoms with Gasteiger partial charge in [0.1, 0.15) is 11.1 Å². The number of hydrogen-bond donors (Lipinski definition) is 3. The fourth-order valence-electron chi connectivity index (χ4n) is 4.53. The van der Waals surface area contributed by atoms with E-state index in [1.165, 1.54) is 0 Å². The summed E-state index contributed by atoms with van der Waals surface area (Å²) in [6, 6.07) is 19.1. The molecule has 0 saturated carbocycles. The molecule has 2 aliphatic heterocycles. The van der Waals surface area contributed by atoms with Gasteiger partial charge < -0.3 is 5.32 Å². The maximum atomic E-state index is 13.0. The van der Waals surface area contributed by atoms with Crippen LogP contribution in [0.15, 0.2) is 107 Å². The van der Waals surface area contributed by atoms with Gasteiger partial charge in [-0.05, 0) is 35.7 Å². The number of hydrogen-bond acceptors (Lipinski definition) is 8. The van der Waals surface area contributed by atoms with Crippen LogP contribution >= 0.6 is 0 Å². The Labute approximate surface area is 210 Å². The third-order valence-electron chi connectivity index (χ3n) is 6.29. The summed E-state index contributed by atoms with van der Waals surface area (Å²) in [5.74, 6) is 0.869. The summed E-state index contributed by atoms with van der Waals surface area (Å²) in [7, 11) is 0. The van der Waals surface area contributed by atoms with Crippen LogP contribution in [0.25, 0.3) is 27.6 Å². The number of carbonyl (C=O) groups is 1. The molecule has 2 aromatic carbocycles. The summed E-state index contributed by atoms with van der Waals surface area (Å²) in [6.07, 6.45) is 8.77. The molecule has 9 heteroatoms. The normalized spacial score (nSPS) is 15.1. The Bertz CT molecular complexity index is 1880. The standard InChI is InChI=1S/C28H18N8O/c37-28(32-18-6-4-10-29-14-18)20-8-3-9-23-24(20)34-27(33-23)25-21-11-17(13-31-26(21)36-35-25)22-15-30-12-16-5-1-2-7-19(16)22/h1-15,35H,(H,31,36)(H,32,37)/b27-25+. The van der Waals surface area contributed by atoms with Crippen LogP contribution in [0, 0.1) is 0 Å². The predicted octanol–water partition coefficient (Wildman–Crippen LogP) is 3.45. The number of aromatic nitrogens is 3. The second-order valence-corrected chi connectivity index (χ2v) is 8.57. The molecule has 0 atom stereocenters. The fourth-order valence-corrected chi connectivity index (χ4v) is 4.53. The molecular formula is C28H18N8O. The van der Waals surface area contributed by atoms with E-state index < -0.39 is 0 Å². The molecule has 2 aliphatic rings. The molecule has 3 N–H and O–H groups in total. The summed E-state index contributed by atoms with van der Waals surface area (Å²) in [5.41, 5.74) is 10.7. The fraction of sp³-hybridized carbons (Fsp3) is 0. The van der Waals surface area contributed by atoms with Crippen LogP contribution in [0.5, 0.6) is 0 Å². The SMILES string of the molecule is O=C(Nc1cccnc1)c1cccc2c1=N/C(=C1/NNc3ncc(-c4cncc5ccccc45)cc31)N=2. The van der Waals surface area contributed by atoms with Crippen LogP contribution in [0.4, 0.5) is 11.5 Å². The molecule has 0 bridgehead atoms. The lowest BCUT2D eigenvalue weighted by atomic mass is 10.0. The topological polar surface area (TPSA) is 117 Å². The second kappa shape index (κ2) is 8.35. The quantitative estimate of drug-likeness (QED) is 0.363. The molecule has 7 rings (SSSR count). The third kappa shape index (κ3) is 3.57. The Morgan fingerprint density at radius 3 is 2.68 bits per heavy atom. The van der Waals surface area contributed by atoms with E-state index in [0.717, 1.165) is 27.5 Å². The number of nitrogens with one attached hydrogen (secondary N) is 3. The zero-order chi connectivity index (χ0) is 24.8. The maximum Gasteiger partial charge on any atom is 0.257 e. The Kier molecular flexibility index (Phi) is 4.71. The second-order valence-electron chi connectivity index (χ2n) is 8.57. The lowest BCUT2D eigenvalue weighted by molar-refractivity contribution is 0.102. The van der Waals surface area contributed by atoms with Crippen molar-refractivity contribution in [2.75, 3.05) is 10.7 Å². The van der Waals surface area contributed by atoms with Crippen molar-refractivity contribution in [2.24, 2.45) is 9.98 Å². The summed E-state index contributed by atoms with van der Waals surface area (Å²) in [5, 5.41) is 6.16. The number of rotatable bonds is 3. The number of carbonyl (C=O) groups excluding carboxylic acids is 1. The average Bonchev–Trinajstić information content (AvgIpc) is 3.57. The number of nitrogens with zero attached hydrogens (tertiary/aromatic N) is 5. The maximum absolute atomic E-state index is 13.0. The van der Waals surface area contributed by atoms with E-state index >= 15 is 0 Å². The van der Waals surface area contributed by atoms with Crippen molar-refractivity contribution in [1.82, 2.24) is 20.4 Å². The molecule has 0 radical (unpaired) electrons. The zero-order valence-electron chi connectivity index (χ0n) is 19.3.